The predicted octanol–water partition coefficient (Wildman–Crippen LogP) is 3.48. The fraction of sp³-hybridized carbons (Fsp3) is 0.600. The van der Waals surface area contributed by atoms with Crippen LogP contribution in [0, 0.1) is 5.41 Å². The maximum atomic E-state index is 12.0. The molecule has 6 nitrogen and oxygen atoms in total. The van der Waals surface area contributed by atoms with E-state index in [0.29, 0.717) is 6.61 Å². The number of aliphatic carboxylic acids is 1. The van der Waals surface area contributed by atoms with E-state index in [1.54, 1.807) is 20.8 Å². The number of alkyl carbamates (subject to hydrolysis) is 1. The van der Waals surface area contributed by atoms with Crippen molar-refractivity contribution < 1.29 is 24.2 Å². The quantitative estimate of drug-likeness (QED) is 0.810. The molecule has 0 aliphatic heterocycles. The van der Waals surface area contributed by atoms with Crippen LogP contribution in [-0.4, -0.2) is 35.4 Å². The Morgan fingerprint density at radius 3 is 2.38 bits per heavy atom. The summed E-state index contributed by atoms with van der Waals surface area (Å²) < 4.78 is 11.0. The average molecular weight is 361 g/mol. The molecular formula is C20H27NO5. The molecule has 2 bridgehead atoms. The second kappa shape index (κ2) is 6.18. The van der Waals surface area contributed by atoms with Gasteiger partial charge in [-0.1, -0.05) is 18.2 Å². The van der Waals surface area contributed by atoms with Gasteiger partial charge in [0, 0.05) is 16.4 Å². The zero-order chi connectivity index (χ0) is 19.2. The third kappa shape index (κ3) is 3.13. The molecule has 1 aromatic rings. The standard InChI is InChI=1S/C20H27NO5/c1-5-25-14-9-7-6-8-13(14)19-10-20(11-19,12-19)15(16(22)23)21-17(24)26-18(2,3)4/h6-9,15H,5,10-12H2,1-4H3,(H,21,24)(H,22,23). The molecule has 26 heavy (non-hydrogen) atoms. The van der Waals surface area contributed by atoms with E-state index < -0.39 is 29.1 Å². The van der Waals surface area contributed by atoms with Gasteiger partial charge in [0.2, 0.25) is 0 Å². The Balaban J connectivity index is 1.71. The number of ether oxygens (including phenoxy) is 2. The molecule has 4 rings (SSSR count). The Bertz CT molecular complexity index is 701. The van der Waals surface area contributed by atoms with Gasteiger partial charge in [0.15, 0.2) is 0 Å². The van der Waals surface area contributed by atoms with Crippen LogP contribution in [0.3, 0.4) is 0 Å². The number of para-hydroxylation sites is 1. The molecule has 0 spiro atoms. The zero-order valence-corrected chi connectivity index (χ0v) is 15.8. The Hall–Kier alpha value is -2.24. The largest absolute Gasteiger partial charge is 0.494 e. The van der Waals surface area contributed by atoms with E-state index in [-0.39, 0.29) is 5.41 Å². The molecule has 1 atom stereocenters. The van der Waals surface area contributed by atoms with Crippen LogP contribution >= 0.6 is 0 Å². The van der Waals surface area contributed by atoms with E-state index in [2.05, 4.69) is 11.4 Å². The highest BCUT2D eigenvalue weighted by Gasteiger charge is 2.73. The maximum absolute atomic E-state index is 12.0. The molecule has 0 radical (unpaired) electrons. The highest BCUT2D eigenvalue weighted by Crippen LogP contribution is 2.75. The van der Waals surface area contributed by atoms with Gasteiger partial charge in [-0.05, 0) is 53.0 Å². The van der Waals surface area contributed by atoms with Crippen LogP contribution in [0.25, 0.3) is 0 Å². The van der Waals surface area contributed by atoms with Crippen LogP contribution in [0.15, 0.2) is 24.3 Å². The summed E-state index contributed by atoms with van der Waals surface area (Å²) >= 11 is 0. The van der Waals surface area contributed by atoms with Crippen LogP contribution in [0.4, 0.5) is 4.79 Å². The number of rotatable bonds is 6. The minimum absolute atomic E-state index is 0.0327. The first kappa shape index (κ1) is 18.5. The normalized spacial score (nSPS) is 27.5. The van der Waals surface area contributed by atoms with Crippen molar-refractivity contribution in [3.8, 4) is 5.75 Å². The molecule has 1 unspecified atom stereocenters. The van der Waals surface area contributed by atoms with Crippen LogP contribution in [0.1, 0.15) is 52.5 Å². The molecule has 3 aliphatic rings. The molecular weight excluding hydrogens is 334 g/mol. The van der Waals surface area contributed by atoms with Crippen LogP contribution in [0.2, 0.25) is 0 Å². The van der Waals surface area contributed by atoms with Gasteiger partial charge < -0.3 is 19.9 Å². The summed E-state index contributed by atoms with van der Waals surface area (Å²) in [5, 5.41) is 12.2. The van der Waals surface area contributed by atoms with Gasteiger partial charge in [-0.25, -0.2) is 9.59 Å². The highest BCUT2D eigenvalue weighted by atomic mass is 16.6. The summed E-state index contributed by atoms with van der Waals surface area (Å²) in [5.74, 6) is -0.141. The van der Waals surface area contributed by atoms with Crippen molar-refractivity contribution in [3.63, 3.8) is 0 Å². The Kier molecular flexibility index (Phi) is 4.41. The summed E-state index contributed by atoms with van der Waals surface area (Å²) in [5.41, 5.74) is 0.0478. The van der Waals surface area contributed by atoms with E-state index in [9.17, 15) is 14.7 Å². The molecule has 1 amide bonds. The highest BCUT2D eigenvalue weighted by molar-refractivity contribution is 5.82. The van der Waals surface area contributed by atoms with E-state index in [1.807, 2.05) is 25.1 Å². The monoisotopic (exact) mass is 361 g/mol. The van der Waals surface area contributed by atoms with Gasteiger partial charge in [-0.3, -0.25) is 0 Å². The van der Waals surface area contributed by atoms with Gasteiger partial charge in [0.1, 0.15) is 17.4 Å². The van der Waals surface area contributed by atoms with Crippen molar-refractivity contribution >= 4 is 12.1 Å². The Morgan fingerprint density at radius 2 is 1.85 bits per heavy atom. The minimum Gasteiger partial charge on any atom is -0.494 e. The van der Waals surface area contributed by atoms with Gasteiger partial charge >= 0.3 is 12.1 Å². The third-order valence-electron chi connectivity index (χ3n) is 5.35. The number of hydrogen-bond donors (Lipinski definition) is 2. The summed E-state index contributed by atoms with van der Waals surface area (Å²) in [4.78, 5) is 23.8. The lowest BCUT2D eigenvalue weighted by atomic mass is 9.31. The second-order valence-corrected chi connectivity index (χ2v) is 8.52. The summed E-state index contributed by atoms with van der Waals surface area (Å²) in [6.45, 7) is 7.80. The predicted molar refractivity (Wildman–Crippen MR) is 96.4 cm³/mol. The van der Waals surface area contributed by atoms with E-state index in [0.717, 1.165) is 30.6 Å². The molecule has 3 aliphatic carbocycles. The van der Waals surface area contributed by atoms with Gasteiger partial charge in [0.05, 0.1) is 6.61 Å². The molecule has 1 aromatic carbocycles. The molecule has 0 aromatic heterocycles. The minimum atomic E-state index is -1.01. The number of amides is 1. The smallest absolute Gasteiger partial charge is 0.408 e. The number of carbonyl (C=O) groups excluding carboxylic acids is 1. The first-order valence-corrected chi connectivity index (χ1v) is 9.05. The van der Waals surface area contributed by atoms with E-state index in [1.165, 1.54) is 0 Å². The van der Waals surface area contributed by atoms with Crippen molar-refractivity contribution in [3.05, 3.63) is 29.8 Å². The first-order valence-electron chi connectivity index (χ1n) is 9.05. The lowest BCUT2D eigenvalue weighted by Gasteiger charge is -2.72. The lowest BCUT2D eigenvalue weighted by molar-refractivity contribution is -0.183. The van der Waals surface area contributed by atoms with Gasteiger partial charge in [0.25, 0.3) is 0 Å². The van der Waals surface area contributed by atoms with Crippen LogP contribution in [-0.2, 0) is 14.9 Å². The summed E-state index contributed by atoms with van der Waals surface area (Å²) in [6.07, 6.45) is 1.52. The molecule has 6 heteroatoms. The molecule has 3 saturated carbocycles. The number of carboxylic acid groups (broad SMARTS) is 1. The SMILES string of the molecule is CCOc1ccccc1C12CC(C(NC(=O)OC(C)(C)C)C(=O)O)(C1)C2. The first-order chi connectivity index (χ1) is 12.1. The maximum Gasteiger partial charge on any atom is 0.408 e. The average Bonchev–Trinajstić information content (AvgIpc) is 2.43. The van der Waals surface area contributed by atoms with Crippen LogP contribution in [0.5, 0.6) is 5.75 Å². The molecule has 2 N–H and O–H groups in total. The molecule has 0 heterocycles. The fourth-order valence-corrected chi connectivity index (χ4v) is 4.55. The topological polar surface area (TPSA) is 84.9 Å². The number of nitrogens with one attached hydrogen (secondary N) is 1. The number of hydrogen-bond acceptors (Lipinski definition) is 4. The Labute approximate surface area is 153 Å². The zero-order valence-electron chi connectivity index (χ0n) is 15.8. The van der Waals surface area contributed by atoms with Crippen molar-refractivity contribution in [1.82, 2.24) is 5.32 Å². The number of carbonyl (C=O) groups is 2. The van der Waals surface area contributed by atoms with Crippen molar-refractivity contribution in [2.24, 2.45) is 5.41 Å². The summed E-state index contributed by atoms with van der Waals surface area (Å²) in [7, 11) is 0. The van der Waals surface area contributed by atoms with Crippen molar-refractivity contribution in [2.75, 3.05) is 6.61 Å². The molecule has 142 valence electrons. The molecule has 3 fully saturated rings. The van der Waals surface area contributed by atoms with Gasteiger partial charge in [-0.2, -0.15) is 0 Å². The van der Waals surface area contributed by atoms with Crippen LogP contribution < -0.4 is 10.1 Å². The fourth-order valence-electron chi connectivity index (χ4n) is 4.55. The second-order valence-electron chi connectivity index (χ2n) is 8.52. The van der Waals surface area contributed by atoms with E-state index >= 15 is 0 Å². The molecule has 0 saturated heterocycles. The third-order valence-corrected chi connectivity index (χ3v) is 5.35. The Morgan fingerprint density at radius 1 is 1.23 bits per heavy atom. The van der Waals surface area contributed by atoms with Crippen molar-refractivity contribution in [1.29, 1.82) is 0 Å². The lowest BCUT2D eigenvalue weighted by Crippen LogP contribution is -2.73. The number of benzene rings is 1. The summed E-state index contributed by atoms with van der Waals surface area (Å²) in [6, 6.07) is 7.02. The number of carboxylic acids is 1. The van der Waals surface area contributed by atoms with Gasteiger partial charge in [-0.15, -0.1) is 0 Å². The van der Waals surface area contributed by atoms with Crippen molar-refractivity contribution in [2.45, 2.75) is 64.0 Å². The van der Waals surface area contributed by atoms with E-state index in [4.69, 9.17) is 9.47 Å².